The van der Waals surface area contributed by atoms with Crippen LogP contribution in [0.4, 0.5) is 0 Å². The van der Waals surface area contributed by atoms with Crippen molar-refractivity contribution in [2.24, 2.45) is 5.92 Å². The number of aromatic nitrogens is 1. The summed E-state index contributed by atoms with van der Waals surface area (Å²) in [5, 5.41) is 0.917. The number of benzene rings is 1. The number of nitrogens with zero attached hydrogens (tertiary/aromatic N) is 2. The maximum Gasteiger partial charge on any atom is 0.233 e. The molecule has 0 unspecified atom stereocenters. The first kappa shape index (κ1) is 20.8. The zero-order valence-corrected chi connectivity index (χ0v) is 18.0. The third-order valence-corrected chi connectivity index (χ3v) is 6.79. The number of amides is 1. The first-order valence-electron chi connectivity index (χ1n) is 10.5. The molecule has 0 N–H and O–H groups in total. The number of unbranched alkanes of at least 4 members (excludes halogenated alkanes) is 2. The molecule has 1 aliphatic heterocycles. The molecule has 28 heavy (non-hydrogen) atoms. The second-order valence-electron chi connectivity index (χ2n) is 7.64. The van der Waals surface area contributed by atoms with Crippen molar-refractivity contribution in [2.45, 2.75) is 57.8 Å². The molecule has 1 aromatic carbocycles. The molecule has 3 rings (SSSR count). The lowest BCUT2D eigenvalue weighted by Gasteiger charge is -2.32. The van der Waals surface area contributed by atoms with Crippen LogP contribution in [0.3, 0.4) is 0 Å². The molecule has 1 fully saturated rings. The lowest BCUT2D eigenvalue weighted by Crippen LogP contribution is -2.40. The summed E-state index contributed by atoms with van der Waals surface area (Å²) in [5.41, 5.74) is 0.939. The minimum Gasteiger partial charge on any atom is -0.497 e. The summed E-state index contributed by atoms with van der Waals surface area (Å²) in [6.07, 6.45) is 9.87. The van der Waals surface area contributed by atoms with E-state index in [1.165, 1.54) is 19.3 Å². The van der Waals surface area contributed by atoms with Crippen molar-refractivity contribution in [3.05, 3.63) is 35.9 Å². The number of hydrogen-bond donors (Lipinski definition) is 0. The van der Waals surface area contributed by atoms with Crippen LogP contribution in [-0.2, 0) is 4.79 Å². The molecule has 152 valence electrons. The van der Waals surface area contributed by atoms with Crippen molar-refractivity contribution in [3.63, 3.8) is 0 Å². The molecule has 4 nitrogen and oxygen atoms in total. The number of thiazole rings is 1. The Labute approximate surface area is 172 Å². The van der Waals surface area contributed by atoms with Crippen LogP contribution in [0.15, 0.2) is 30.9 Å². The molecule has 0 radical (unpaired) electrons. The van der Waals surface area contributed by atoms with Gasteiger partial charge >= 0.3 is 0 Å². The molecule has 0 aliphatic carbocycles. The quantitative estimate of drug-likeness (QED) is 0.395. The van der Waals surface area contributed by atoms with Crippen molar-refractivity contribution in [1.82, 2.24) is 9.88 Å². The van der Waals surface area contributed by atoms with Crippen LogP contribution in [0, 0.1) is 5.92 Å². The molecule has 0 bridgehead atoms. The topological polar surface area (TPSA) is 42.4 Å². The second-order valence-corrected chi connectivity index (χ2v) is 8.71. The average Bonchev–Trinajstić information content (AvgIpc) is 3.16. The van der Waals surface area contributed by atoms with Gasteiger partial charge in [0, 0.05) is 13.1 Å². The fourth-order valence-corrected chi connectivity index (χ4v) is 5.18. The predicted molar refractivity (Wildman–Crippen MR) is 117 cm³/mol. The normalized spacial score (nSPS) is 16.7. The summed E-state index contributed by atoms with van der Waals surface area (Å²) in [6.45, 7) is 8.03. The van der Waals surface area contributed by atoms with Crippen molar-refractivity contribution in [2.75, 3.05) is 20.2 Å². The Balaban J connectivity index is 1.94. The van der Waals surface area contributed by atoms with E-state index >= 15 is 0 Å². The number of hydrogen-bond acceptors (Lipinski definition) is 4. The third-order valence-electron chi connectivity index (χ3n) is 5.68. The van der Waals surface area contributed by atoms with Gasteiger partial charge < -0.3 is 9.64 Å². The maximum atomic E-state index is 13.6. The van der Waals surface area contributed by atoms with E-state index in [0.717, 1.165) is 59.7 Å². The van der Waals surface area contributed by atoms with Crippen LogP contribution < -0.4 is 4.74 Å². The van der Waals surface area contributed by atoms with E-state index in [2.05, 4.69) is 18.4 Å². The molecule has 1 saturated heterocycles. The van der Waals surface area contributed by atoms with Gasteiger partial charge in [0.1, 0.15) is 10.8 Å². The number of carbonyl (C=O) groups is 1. The predicted octanol–water partition coefficient (Wildman–Crippen LogP) is 5.78. The van der Waals surface area contributed by atoms with E-state index in [9.17, 15) is 4.79 Å². The molecule has 2 heterocycles. The molecule has 2 atom stereocenters. The maximum absolute atomic E-state index is 13.6. The van der Waals surface area contributed by atoms with Gasteiger partial charge in [0.05, 0.1) is 23.2 Å². The number of allylic oxidation sites excluding steroid dienone is 1. The van der Waals surface area contributed by atoms with Gasteiger partial charge in [-0.2, -0.15) is 0 Å². The molecule has 1 amide bonds. The van der Waals surface area contributed by atoms with Gasteiger partial charge in [-0.1, -0.05) is 32.3 Å². The third kappa shape index (κ3) is 4.75. The molecule has 0 spiro atoms. The van der Waals surface area contributed by atoms with Gasteiger partial charge in [-0.05, 0) is 49.8 Å². The van der Waals surface area contributed by atoms with E-state index in [1.807, 2.05) is 24.3 Å². The number of ether oxygens (including phenoxy) is 1. The molecular formula is C23H32N2O2S. The highest BCUT2D eigenvalue weighted by Crippen LogP contribution is 2.37. The summed E-state index contributed by atoms with van der Waals surface area (Å²) < 4.78 is 6.43. The Morgan fingerprint density at radius 2 is 2.11 bits per heavy atom. The van der Waals surface area contributed by atoms with E-state index in [4.69, 9.17) is 9.72 Å². The smallest absolute Gasteiger partial charge is 0.233 e. The van der Waals surface area contributed by atoms with Crippen LogP contribution in [0.2, 0.25) is 0 Å². The van der Waals surface area contributed by atoms with E-state index in [0.29, 0.717) is 0 Å². The summed E-state index contributed by atoms with van der Waals surface area (Å²) in [4.78, 5) is 20.5. The minimum atomic E-state index is -0.226. The van der Waals surface area contributed by atoms with Gasteiger partial charge in [-0.25, -0.2) is 4.98 Å². The van der Waals surface area contributed by atoms with Gasteiger partial charge in [-0.15, -0.1) is 17.9 Å². The Morgan fingerprint density at radius 3 is 2.79 bits per heavy atom. The van der Waals surface area contributed by atoms with Gasteiger partial charge in [0.15, 0.2) is 0 Å². The van der Waals surface area contributed by atoms with Gasteiger partial charge in [0.2, 0.25) is 5.91 Å². The molecule has 1 aliphatic rings. The molecule has 1 aromatic heterocycles. The largest absolute Gasteiger partial charge is 0.497 e. The Kier molecular flexibility index (Phi) is 7.49. The number of piperidine rings is 1. The fraction of sp³-hybridized carbons (Fsp3) is 0.565. The zero-order chi connectivity index (χ0) is 19.9. The average molecular weight is 401 g/mol. The highest BCUT2D eigenvalue weighted by atomic mass is 32.1. The number of carbonyl (C=O) groups excluding carboxylic acids is 1. The second kappa shape index (κ2) is 10.1. The monoisotopic (exact) mass is 400 g/mol. The van der Waals surface area contributed by atoms with Crippen LogP contribution in [-0.4, -0.2) is 36.0 Å². The Hall–Kier alpha value is -1.88. The van der Waals surface area contributed by atoms with Crippen LogP contribution in [0.25, 0.3) is 10.2 Å². The van der Waals surface area contributed by atoms with Crippen LogP contribution in [0.5, 0.6) is 5.75 Å². The van der Waals surface area contributed by atoms with Crippen LogP contribution >= 0.6 is 11.3 Å². The highest BCUT2D eigenvalue weighted by molar-refractivity contribution is 7.18. The van der Waals surface area contributed by atoms with Crippen molar-refractivity contribution >= 4 is 27.5 Å². The minimum absolute atomic E-state index is 0.128. The standard InChI is InChI=1S/C23H32N2O2S/c1-4-6-8-11-17(5-2)21(23(26)25-14-9-7-10-15-25)22-24-19-13-12-18(27-3)16-20(19)28-22/h5,12-13,16-17,21H,2,4,6-11,14-15H2,1,3H3/t17-,21+/m1/s1. The Morgan fingerprint density at radius 1 is 1.32 bits per heavy atom. The van der Waals surface area contributed by atoms with E-state index < -0.39 is 0 Å². The Bertz CT molecular complexity index is 795. The number of likely N-dealkylation sites (tertiary alicyclic amines) is 1. The SMILES string of the molecule is C=C[C@H](CCCCC)[C@H](C(=O)N1CCCCC1)c1nc2ccc(OC)cc2s1. The van der Waals surface area contributed by atoms with Crippen molar-refractivity contribution in [1.29, 1.82) is 0 Å². The zero-order valence-electron chi connectivity index (χ0n) is 17.2. The van der Waals surface area contributed by atoms with Gasteiger partial charge in [0.25, 0.3) is 0 Å². The number of rotatable bonds is 9. The number of methoxy groups -OCH3 is 1. The summed E-state index contributed by atoms with van der Waals surface area (Å²) in [7, 11) is 1.67. The van der Waals surface area contributed by atoms with Crippen molar-refractivity contribution in [3.8, 4) is 5.75 Å². The van der Waals surface area contributed by atoms with E-state index in [-0.39, 0.29) is 17.7 Å². The summed E-state index contributed by atoms with van der Waals surface area (Å²) in [5.74, 6) is 0.955. The summed E-state index contributed by atoms with van der Waals surface area (Å²) in [6, 6.07) is 5.93. The lowest BCUT2D eigenvalue weighted by molar-refractivity contribution is -0.134. The molecule has 2 aromatic rings. The first-order chi connectivity index (χ1) is 13.7. The molecular weight excluding hydrogens is 368 g/mol. The number of fused-ring (bicyclic) bond motifs is 1. The highest BCUT2D eigenvalue weighted by Gasteiger charge is 2.34. The summed E-state index contributed by atoms with van der Waals surface area (Å²) >= 11 is 1.62. The fourth-order valence-electron chi connectivity index (χ4n) is 4.02. The van der Waals surface area contributed by atoms with Crippen molar-refractivity contribution < 1.29 is 9.53 Å². The van der Waals surface area contributed by atoms with Crippen LogP contribution in [0.1, 0.15) is 62.8 Å². The van der Waals surface area contributed by atoms with Gasteiger partial charge in [-0.3, -0.25) is 4.79 Å². The molecule has 0 saturated carbocycles. The lowest BCUT2D eigenvalue weighted by atomic mass is 9.86. The first-order valence-corrected chi connectivity index (χ1v) is 11.4. The molecule has 5 heteroatoms. The van der Waals surface area contributed by atoms with E-state index in [1.54, 1.807) is 18.4 Å².